The van der Waals surface area contributed by atoms with Crippen LogP contribution in [-0.4, -0.2) is 48.5 Å². The number of nitrogens with zero attached hydrogens (tertiary/aromatic N) is 1. The zero-order valence-corrected chi connectivity index (χ0v) is 18.4. The van der Waals surface area contributed by atoms with Gasteiger partial charge in [0, 0.05) is 22.0 Å². The number of methoxy groups -OCH3 is 1. The van der Waals surface area contributed by atoms with Crippen molar-refractivity contribution >= 4 is 39.7 Å². The third-order valence-electron chi connectivity index (χ3n) is 4.36. The maximum Gasteiger partial charge on any atom is 0.305 e. The monoisotopic (exact) mass is 493 g/mol. The Balaban J connectivity index is 2.02. The topological polar surface area (TPSA) is 169 Å². The zero-order valence-electron chi connectivity index (χ0n) is 16.8. The first-order valence-electron chi connectivity index (χ1n) is 9.28. The number of carbonyl (C=O) groups is 3. The Morgan fingerprint density at radius 3 is 2.74 bits per heavy atom. The molecule has 10 nitrogen and oxygen atoms in total. The maximum atomic E-state index is 12.4. The highest BCUT2D eigenvalue weighted by molar-refractivity contribution is 9.10. The van der Waals surface area contributed by atoms with E-state index in [4.69, 9.17) is 16.2 Å². The second kappa shape index (κ2) is 11.2. The molecule has 0 fully saturated rings. The fourth-order valence-corrected chi connectivity index (χ4v) is 3.40. The number of ether oxygens (including phenoxy) is 1. The number of carbonyl (C=O) groups excluding carboxylic acids is 2. The van der Waals surface area contributed by atoms with Crippen molar-refractivity contribution in [2.24, 2.45) is 16.5 Å². The molecule has 166 valence electrons. The molecule has 0 radical (unpaired) electrons. The van der Waals surface area contributed by atoms with Gasteiger partial charge in [-0.2, -0.15) is 0 Å². The first kappa shape index (κ1) is 23.9. The Bertz CT molecular complexity index is 940. The number of nitrogens with one attached hydrogen (secondary N) is 2. The highest BCUT2D eigenvalue weighted by atomic mass is 79.9. The van der Waals surface area contributed by atoms with Crippen LogP contribution < -0.4 is 26.8 Å². The number of rotatable bonds is 9. The largest absolute Gasteiger partial charge is 0.496 e. The summed E-state index contributed by atoms with van der Waals surface area (Å²) in [5.41, 5.74) is 11.7. The van der Waals surface area contributed by atoms with E-state index >= 15 is 0 Å². The van der Waals surface area contributed by atoms with Gasteiger partial charge >= 0.3 is 5.97 Å². The van der Waals surface area contributed by atoms with Gasteiger partial charge in [-0.05, 0) is 18.2 Å². The predicted octanol–water partition coefficient (Wildman–Crippen LogP) is 0.734. The number of aliphatic imine (C=N–C) groups is 1. The number of nitrogens with two attached hydrogens (primary N) is 2. The summed E-state index contributed by atoms with van der Waals surface area (Å²) in [6.07, 6.45) is 4.97. The Labute approximate surface area is 187 Å². The van der Waals surface area contributed by atoms with Gasteiger partial charge in [-0.15, -0.1) is 0 Å². The summed E-state index contributed by atoms with van der Waals surface area (Å²) in [6.45, 7) is -0.334. The molecule has 0 heterocycles. The number of benzene rings is 1. The van der Waals surface area contributed by atoms with E-state index in [-0.39, 0.29) is 25.0 Å². The number of hydrogen-bond donors (Lipinski definition) is 5. The SMILES string of the molecule is COc1ccc(Br)cc1C(CC(=O)O)NC(=O)CNC(=O)C1=CC=CC(N=C(N)N)C1. The average Bonchev–Trinajstić information content (AvgIpc) is 2.71. The molecule has 0 saturated heterocycles. The van der Waals surface area contributed by atoms with Crippen LogP contribution in [0.4, 0.5) is 0 Å². The third kappa shape index (κ3) is 7.45. The Morgan fingerprint density at radius 2 is 2.10 bits per heavy atom. The van der Waals surface area contributed by atoms with E-state index in [0.29, 0.717) is 27.8 Å². The molecule has 1 aromatic rings. The molecule has 1 aliphatic carbocycles. The van der Waals surface area contributed by atoms with Gasteiger partial charge in [-0.1, -0.05) is 34.2 Å². The fraction of sp³-hybridized carbons (Fsp3) is 0.300. The number of amides is 2. The first-order chi connectivity index (χ1) is 14.7. The van der Waals surface area contributed by atoms with Gasteiger partial charge in [0.2, 0.25) is 11.8 Å². The molecular weight excluding hydrogens is 470 g/mol. The second-order valence-corrected chi connectivity index (χ2v) is 7.60. The summed E-state index contributed by atoms with van der Waals surface area (Å²) in [5, 5.41) is 14.4. The Morgan fingerprint density at radius 1 is 1.35 bits per heavy atom. The van der Waals surface area contributed by atoms with Crippen molar-refractivity contribution < 1.29 is 24.2 Å². The van der Waals surface area contributed by atoms with Crippen molar-refractivity contribution in [2.75, 3.05) is 13.7 Å². The summed E-state index contributed by atoms with van der Waals surface area (Å²) in [4.78, 5) is 40.1. The van der Waals surface area contributed by atoms with Crippen molar-refractivity contribution in [1.82, 2.24) is 10.6 Å². The number of carboxylic acids is 1. The van der Waals surface area contributed by atoms with Gasteiger partial charge in [0.25, 0.3) is 0 Å². The van der Waals surface area contributed by atoms with E-state index < -0.39 is 23.8 Å². The van der Waals surface area contributed by atoms with E-state index in [1.54, 1.807) is 36.4 Å². The summed E-state index contributed by atoms with van der Waals surface area (Å²) < 4.78 is 5.98. The number of halogens is 1. The predicted molar refractivity (Wildman–Crippen MR) is 118 cm³/mol. The summed E-state index contributed by atoms with van der Waals surface area (Å²) in [7, 11) is 1.45. The number of carboxylic acid groups (broad SMARTS) is 1. The lowest BCUT2D eigenvalue weighted by molar-refractivity contribution is -0.138. The van der Waals surface area contributed by atoms with E-state index in [0.717, 1.165) is 0 Å². The number of allylic oxidation sites excluding steroid dienone is 2. The molecule has 0 aliphatic heterocycles. The molecule has 2 atom stereocenters. The summed E-state index contributed by atoms with van der Waals surface area (Å²) in [6, 6.07) is 3.88. The molecule has 31 heavy (non-hydrogen) atoms. The van der Waals surface area contributed by atoms with Gasteiger partial charge in [0.05, 0.1) is 32.2 Å². The standard InChI is InChI=1S/C20H24BrN5O5/c1-31-16-6-5-12(21)8-14(16)15(9-18(28)29)26-17(27)10-24-19(30)11-3-2-4-13(7-11)25-20(22)23/h2-6,8,13,15H,7,9-10H2,1H3,(H,24,30)(H,26,27)(H,28,29)(H4,22,23,25). The van der Waals surface area contributed by atoms with Gasteiger partial charge in [-0.3, -0.25) is 14.4 Å². The van der Waals surface area contributed by atoms with Crippen molar-refractivity contribution in [1.29, 1.82) is 0 Å². The van der Waals surface area contributed by atoms with Gasteiger partial charge in [-0.25, -0.2) is 4.99 Å². The zero-order chi connectivity index (χ0) is 23.0. The number of aliphatic carboxylic acids is 1. The van der Waals surface area contributed by atoms with E-state index in [1.807, 2.05) is 0 Å². The Hall–Kier alpha value is -3.34. The molecule has 0 bridgehead atoms. The van der Waals surface area contributed by atoms with Crippen molar-refractivity contribution in [3.63, 3.8) is 0 Å². The minimum atomic E-state index is -1.10. The summed E-state index contributed by atoms with van der Waals surface area (Å²) in [5.74, 6) is -1.73. The molecule has 2 unspecified atom stereocenters. The average molecular weight is 494 g/mol. The van der Waals surface area contributed by atoms with Crippen molar-refractivity contribution in [3.8, 4) is 5.75 Å². The van der Waals surface area contributed by atoms with Gasteiger partial charge in [0.15, 0.2) is 5.96 Å². The lowest BCUT2D eigenvalue weighted by atomic mass is 10.0. The van der Waals surface area contributed by atoms with E-state index in [2.05, 4.69) is 31.6 Å². The highest BCUT2D eigenvalue weighted by Crippen LogP contribution is 2.30. The quantitative estimate of drug-likeness (QED) is 0.249. The lowest BCUT2D eigenvalue weighted by Gasteiger charge is -2.21. The van der Waals surface area contributed by atoms with Crippen LogP contribution in [0.2, 0.25) is 0 Å². The molecule has 2 amide bonds. The van der Waals surface area contributed by atoms with Crippen LogP contribution in [0.25, 0.3) is 0 Å². The molecule has 2 rings (SSSR count). The van der Waals surface area contributed by atoms with Crippen LogP contribution in [0, 0.1) is 0 Å². The van der Waals surface area contributed by atoms with Gasteiger partial charge < -0.3 is 31.9 Å². The van der Waals surface area contributed by atoms with E-state index in [1.165, 1.54) is 7.11 Å². The summed E-state index contributed by atoms with van der Waals surface area (Å²) >= 11 is 3.33. The molecule has 0 saturated carbocycles. The van der Waals surface area contributed by atoms with Crippen LogP contribution >= 0.6 is 15.9 Å². The van der Waals surface area contributed by atoms with Crippen LogP contribution in [0.3, 0.4) is 0 Å². The minimum absolute atomic E-state index is 0.0804. The van der Waals surface area contributed by atoms with Crippen molar-refractivity contribution in [2.45, 2.75) is 24.9 Å². The normalized spacial score (nSPS) is 15.9. The molecule has 0 aromatic heterocycles. The van der Waals surface area contributed by atoms with Crippen LogP contribution in [0.15, 0.2) is 51.5 Å². The third-order valence-corrected chi connectivity index (χ3v) is 4.85. The number of guanidine groups is 1. The molecule has 1 aliphatic rings. The Kier molecular flexibility index (Phi) is 8.62. The van der Waals surface area contributed by atoms with Crippen LogP contribution in [-0.2, 0) is 14.4 Å². The molecule has 7 N–H and O–H groups in total. The number of hydrogen-bond acceptors (Lipinski definition) is 5. The first-order valence-corrected chi connectivity index (χ1v) is 10.1. The molecular formula is C20H24BrN5O5. The minimum Gasteiger partial charge on any atom is -0.496 e. The highest BCUT2D eigenvalue weighted by Gasteiger charge is 2.23. The second-order valence-electron chi connectivity index (χ2n) is 6.69. The van der Waals surface area contributed by atoms with E-state index in [9.17, 15) is 19.5 Å². The smallest absolute Gasteiger partial charge is 0.305 e. The van der Waals surface area contributed by atoms with Gasteiger partial charge in [0.1, 0.15) is 5.75 Å². The fourth-order valence-electron chi connectivity index (χ4n) is 3.02. The lowest BCUT2D eigenvalue weighted by Crippen LogP contribution is -2.40. The molecule has 1 aromatic carbocycles. The van der Waals surface area contributed by atoms with Crippen LogP contribution in [0.1, 0.15) is 24.4 Å². The molecule has 11 heteroatoms. The maximum absolute atomic E-state index is 12.4. The van der Waals surface area contributed by atoms with Crippen LogP contribution in [0.5, 0.6) is 5.75 Å². The van der Waals surface area contributed by atoms with Crippen molar-refractivity contribution in [3.05, 3.63) is 52.0 Å². The molecule has 0 spiro atoms.